The van der Waals surface area contributed by atoms with E-state index in [4.69, 9.17) is 0 Å². The number of aryl methyl sites for hydroxylation is 2. The highest BCUT2D eigenvalue weighted by Crippen LogP contribution is 2.35. The van der Waals surface area contributed by atoms with Gasteiger partial charge in [-0.05, 0) is 61.9 Å². The molecule has 2 N–H and O–H groups in total. The van der Waals surface area contributed by atoms with Crippen LogP contribution < -0.4 is 10.6 Å². The zero-order chi connectivity index (χ0) is 17.2. The van der Waals surface area contributed by atoms with Crippen LogP contribution in [-0.2, 0) is 11.2 Å². The van der Waals surface area contributed by atoms with E-state index in [2.05, 4.69) is 46.8 Å². The van der Waals surface area contributed by atoms with Crippen molar-refractivity contribution in [3.05, 3.63) is 53.3 Å². The maximum absolute atomic E-state index is 11.6. The highest BCUT2D eigenvalue weighted by molar-refractivity contribution is 5.94. The Hall–Kier alpha value is -2.36. The Bertz CT molecular complexity index is 786. The van der Waals surface area contributed by atoms with Crippen molar-refractivity contribution in [1.29, 1.82) is 0 Å². The highest BCUT2D eigenvalue weighted by atomic mass is 16.1. The summed E-state index contributed by atoms with van der Waals surface area (Å²) in [5, 5.41) is 6.68. The number of nitrogens with one attached hydrogen (secondary N) is 2. The average Bonchev–Trinajstić information content (AvgIpc) is 2.62. The standard InChI is InChI=1S/C21H25N3O/c1-14-4-3-11-22-21(14)16-5-2-6-17(12-16)23-18-9-7-15-8-10-20(25)24-19(15)13-18/h3-4,7,9,11,13,16-17,23H,2,5-6,8,10,12H2,1H3,(H,24,25). The summed E-state index contributed by atoms with van der Waals surface area (Å²) >= 11 is 0. The summed E-state index contributed by atoms with van der Waals surface area (Å²) in [6.07, 6.45) is 8.08. The van der Waals surface area contributed by atoms with E-state index >= 15 is 0 Å². The molecule has 0 saturated heterocycles. The van der Waals surface area contributed by atoms with E-state index in [0.717, 1.165) is 24.2 Å². The quantitative estimate of drug-likeness (QED) is 0.873. The molecule has 1 aliphatic heterocycles. The van der Waals surface area contributed by atoms with Gasteiger partial charge in [-0.15, -0.1) is 0 Å². The highest BCUT2D eigenvalue weighted by Gasteiger charge is 2.25. The smallest absolute Gasteiger partial charge is 0.224 e. The van der Waals surface area contributed by atoms with Crippen LogP contribution in [0.4, 0.5) is 11.4 Å². The van der Waals surface area contributed by atoms with Gasteiger partial charge in [0, 0.05) is 41.6 Å². The molecule has 2 atom stereocenters. The largest absolute Gasteiger partial charge is 0.382 e. The van der Waals surface area contributed by atoms with Crippen LogP contribution in [0, 0.1) is 6.92 Å². The van der Waals surface area contributed by atoms with Crippen molar-refractivity contribution in [3.63, 3.8) is 0 Å². The average molecular weight is 335 g/mol. The van der Waals surface area contributed by atoms with Crippen LogP contribution in [0.1, 0.15) is 54.8 Å². The van der Waals surface area contributed by atoms with Crippen molar-refractivity contribution in [1.82, 2.24) is 4.98 Å². The van der Waals surface area contributed by atoms with Crippen LogP contribution in [-0.4, -0.2) is 16.9 Å². The lowest BCUT2D eigenvalue weighted by atomic mass is 9.82. The second kappa shape index (κ2) is 6.87. The molecule has 130 valence electrons. The van der Waals surface area contributed by atoms with Crippen LogP contribution in [0.25, 0.3) is 0 Å². The topological polar surface area (TPSA) is 54.0 Å². The van der Waals surface area contributed by atoms with Gasteiger partial charge in [0.1, 0.15) is 0 Å². The number of amides is 1. The SMILES string of the molecule is Cc1cccnc1C1CCCC(Nc2ccc3c(c2)NC(=O)CC3)C1. The van der Waals surface area contributed by atoms with E-state index < -0.39 is 0 Å². The molecule has 2 aromatic rings. The summed E-state index contributed by atoms with van der Waals surface area (Å²) in [6.45, 7) is 2.16. The summed E-state index contributed by atoms with van der Waals surface area (Å²) in [7, 11) is 0. The lowest BCUT2D eigenvalue weighted by Crippen LogP contribution is -2.27. The first-order valence-electron chi connectivity index (χ1n) is 9.30. The van der Waals surface area contributed by atoms with Crippen molar-refractivity contribution in [3.8, 4) is 0 Å². The molecule has 4 nitrogen and oxygen atoms in total. The van der Waals surface area contributed by atoms with Crippen molar-refractivity contribution in [2.75, 3.05) is 10.6 Å². The monoisotopic (exact) mass is 335 g/mol. The van der Waals surface area contributed by atoms with Gasteiger partial charge < -0.3 is 10.6 Å². The molecule has 0 radical (unpaired) electrons. The summed E-state index contributed by atoms with van der Waals surface area (Å²) in [5.74, 6) is 0.651. The molecule has 1 aliphatic carbocycles. The fraction of sp³-hybridized carbons (Fsp3) is 0.429. The molecule has 25 heavy (non-hydrogen) atoms. The zero-order valence-electron chi connectivity index (χ0n) is 14.7. The number of aromatic nitrogens is 1. The molecule has 1 aromatic heterocycles. The van der Waals surface area contributed by atoms with Gasteiger partial charge in [0.2, 0.25) is 5.91 Å². The third-order valence-corrected chi connectivity index (χ3v) is 5.49. The Balaban J connectivity index is 1.47. The number of pyridine rings is 1. The summed E-state index contributed by atoms with van der Waals surface area (Å²) in [4.78, 5) is 16.3. The van der Waals surface area contributed by atoms with Crippen molar-refractivity contribution >= 4 is 17.3 Å². The second-order valence-corrected chi connectivity index (χ2v) is 7.33. The molecule has 1 aromatic carbocycles. The number of benzene rings is 1. The van der Waals surface area contributed by atoms with Crippen molar-refractivity contribution < 1.29 is 4.79 Å². The van der Waals surface area contributed by atoms with E-state index in [1.165, 1.54) is 36.1 Å². The van der Waals surface area contributed by atoms with E-state index in [9.17, 15) is 4.79 Å². The molecule has 0 spiro atoms. The summed E-state index contributed by atoms with van der Waals surface area (Å²) in [5.41, 5.74) is 5.85. The molecule has 2 heterocycles. The molecule has 4 rings (SSSR count). The second-order valence-electron chi connectivity index (χ2n) is 7.33. The number of anilines is 2. The number of nitrogens with zero attached hydrogens (tertiary/aromatic N) is 1. The Kier molecular flexibility index (Phi) is 4.43. The molecule has 1 fully saturated rings. The number of carbonyl (C=O) groups is 1. The summed E-state index contributed by atoms with van der Waals surface area (Å²) in [6, 6.07) is 11.0. The van der Waals surface area contributed by atoms with Gasteiger partial charge in [0.05, 0.1) is 0 Å². The van der Waals surface area contributed by atoms with E-state index in [0.29, 0.717) is 18.4 Å². The molecular formula is C21H25N3O. The fourth-order valence-corrected chi connectivity index (χ4v) is 4.19. The number of fused-ring (bicyclic) bond motifs is 1. The third-order valence-electron chi connectivity index (χ3n) is 5.49. The molecular weight excluding hydrogens is 310 g/mol. The number of hydrogen-bond acceptors (Lipinski definition) is 3. The molecule has 1 amide bonds. The summed E-state index contributed by atoms with van der Waals surface area (Å²) < 4.78 is 0. The number of hydrogen-bond donors (Lipinski definition) is 2. The van der Waals surface area contributed by atoms with Crippen LogP contribution in [0.5, 0.6) is 0 Å². The molecule has 4 heteroatoms. The van der Waals surface area contributed by atoms with Gasteiger partial charge >= 0.3 is 0 Å². The minimum atomic E-state index is 0.119. The molecule has 2 unspecified atom stereocenters. The predicted octanol–water partition coefficient (Wildman–Crippen LogP) is 4.41. The zero-order valence-corrected chi connectivity index (χ0v) is 14.7. The third kappa shape index (κ3) is 3.53. The molecule has 2 aliphatic rings. The van der Waals surface area contributed by atoms with E-state index in [1.807, 2.05) is 12.3 Å². The van der Waals surface area contributed by atoms with Crippen molar-refractivity contribution in [2.45, 2.75) is 57.4 Å². The predicted molar refractivity (Wildman–Crippen MR) is 101 cm³/mol. The van der Waals surface area contributed by atoms with Crippen LogP contribution in [0.2, 0.25) is 0 Å². The normalized spacial score (nSPS) is 22.8. The van der Waals surface area contributed by atoms with Gasteiger partial charge in [0.25, 0.3) is 0 Å². The maximum Gasteiger partial charge on any atom is 0.224 e. The fourth-order valence-electron chi connectivity index (χ4n) is 4.19. The van der Waals surface area contributed by atoms with Crippen LogP contribution >= 0.6 is 0 Å². The first-order valence-corrected chi connectivity index (χ1v) is 9.30. The van der Waals surface area contributed by atoms with Gasteiger partial charge in [-0.2, -0.15) is 0 Å². The van der Waals surface area contributed by atoms with Gasteiger partial charge in [-0.25, -0.2) is 0 Å². The first-order chi connectivity index (χ1) is 12.2. The Morgan fingerprint density at radius 2 is 2.12 bits per heavy atom. The van der Waals surface area contributed by atoms with Crippen molar-refractivity contribution in [2.24, 2.45) is 0 Å². The van der Waals surface area contributed by atoms with Crippen LogP contribution in [0.3, 0.4) is 0 Å². The molecule has 0 bridgehead atoms. The Morgan fingerprint density at radius 3 is 3.00 bits per heavy atom. The lowest BCUT2D eigenvalue weighted by Gasteiger charge is -2.31. The number of carbonyl (C=O) groups excluding carboxylic acids is 1. The van der Waals surface area contributed by atoms with Gasteiger partial charge in [-0.1, -0.05) is 18.6 Å². The van der Waals surface area contributed by atoms with Crippen LogP contribution in [0.15, 0.2) is 36.5 Å². The number of rotatable bonds is 3. The minimum Gasteiger partial charge on any atom is -0.382 e. The minimum absolute atomic E-state index is 0.119. The lowest BCUT2D eigenvalue weighted by molar-refractivity contribution is -0.116. The molecule has 1 saturated carbocycles. The van der Waals surface area contributed by atoms with Gasteiger partial charge in [-0.3, -0.25) is 9.78 Å². The maximum atomic E-state index is 11.6. The Labute approximate surface area is 149 Å². The Morgan fingerprint density at radius 1 is 1.20 bits per heavy atom. The van der Waals surface area contributed by atoms with E-state index in [-0.39, 0.29) is 5.91 Å². The van der Waals surface area contributed by atoms with E-state index in [1.54, 1.807) is 0 Å². The van der Waals surface area contributed by atoms with Gasteiger partial charge in [0.15, 0.2) is 0 Å². The first kappa shape index (κ1) is 16.1.